The van der Waals surface area contributed by atoms with Crippen molar-refractivity contribution in [2.24, 2.45) is 11.8 Å². The molecule has 2 atom stereocenters. The number of allylic oxidation sites excluding steroid dienone is 2. The molecule has 0 saturated heterocycles. The highest BCUT2D eigenvalue weighted by Crippen LogP contribution is 2.25. The quantitative estimate of drug-likeness (QED) is 0.773. The van der Waals surface area contributed by atoms with Gasteiger partial charge in [0.05, 0.1) is 12.8 Å². The average Bonchev–Trinajstić information content (AvgIpc) is 2.89. The molecule has 1 heterocycles. The molecule has 1 amide bonds. The Morgan fingerprint density at radius 3 is 2.67 bits per heavy atom. The summed E-state index contributed by atoms with van der Waals surface area (Å²) in [5.74, 6) is -2.11. The molecule has 0 aromatic carbocycles. The topological polar surface area (TPSA) is 82.4 Å². The number of hydrogen-bond donors (Lipinski definition) is 1. The molecule has 18 heavy (non-hydrogen) atoms. The van der Waals surface area contributed by atoms with Gasteiger partial charge in [0, 0.05) is 17.8 Å². The highest BCUT2D eigenvalue weighted by Gasteiger charge is 2.29. The molecular weight excluding hydrogens is 234 g/mol. The van der Waals surface area contributed by atoms with Gasteiger partial charge >= 0.3 is 0 Å². The van der Waals surface area contributed by atoms with Crippen molar-refractivity contribution in [1.29, 1.82) is 0 Å². The largest absolute Gasteiger partial charge is 0.550 e. The second-order valence-corrected chi connectivity index (χ2v) is 4.27. The van der Waals surface area contributed by atoms with Crippen LogP contribution in [0.2, 0.25) is 0 Å². The third-order valence-electron chi connectivity index (χ3n) is 3.09. The van der Waals surface area contributed by atoms with Crippen molar-refractivity contribution in [3.05, 3.63) is 36.3 Å². The Balaban J connectivity index is 1.94. The molecule has 5 nitrogen and oxygen atoms in total. The van der Waals surface area contributed by atoms with Crippen molar-refractivity contribution in [2.45, 2.75) is 19.4 Å². The van der Waals surface area contributed by atoms with Gasteiger partial charge in [-0.05, 0) is 25.0 Å². The van der Waals surface area contributed by atoms with Gasteiger partial charge in [-0.25, -0.2) is 0 Å². The molecule has 1 aliphatic carbocycles. The maximum Gasteiger partial charge on any atom is 0.224 e. The fourth-order valence-electron chi connectivity index (χ4n) is 2.08. The number of rotatable bonds is 4. The van der Waals surface area contributed by atoms with Gasteiger partial charge in [-0.2, -0.15) is 0 Å². The molecule has 1 N–H and O–H groups in total. The summed E-state index contributed by atoms with van der Waals surface area (Å²) in [4.78, 5) is 22.9. The fraction of sp³-hybridized carbons (Fsp3) is 0.385. The van der Waals surface area contributed by atoms with Crippen LogP contribution >= 0.6 is 0 Å². The molecule has 1 aromatic rings. The number of hydrogen-bond acceptors (Lipinski definition) is 4. The van der Waals surface area contributed by atoms with E-state index in [1.54, 1.807) is 18.2 Å². The van der Waals surface area contributed by atoms with E-state index in [2.05, 4.69) is 5.32 Å². The van der Waals surface area contributed by atoms with E-state index in [1.807, 2.05) is 6.08 Å². The predicted molar refractivity (Wildman–Crippen MR) is 60.9 cm³/mol. The summed E-state index contributed by atoms with van der Waals surface area (Å²) in [7, 11) is 0. The van der Waals surface area contributed by atoms with Crippen LogP contribution in [0.25, 0.3) is 0 Å². The Hall–Kier alpha value is -2.04. The summed E-state index contributed by atoms with van der Waals surface area (Å²) in [6, 6.07) is 3.48. The third-order valence-corrected chi connectivity index (χ3v) is 3.09. The minimum Gasteiger partial charge on any atom is -0.550 e. The lowest BCUT2D eigenvalue weighted by Gasteiger charge is -2.28. The van der Waals surface area contributed by atoms with Gasteiger partial charge in [0.25, 0.3) is 0 Å². The summed E-state index contributed by atoms with van der Waals surface area (Å²) in [6.45, 7) is 0.270. The van der Waals surface area contributed by atoms with E-state index in [9.17, 15) is 14.7 Å². The Kier molecular flexibility index (Phi) is 3.82. The minimum atomic E-state index is -1.17. The predicted octanol–water partition coefficient (Wildman–Crippen LogP) is 0.228. The Morgan fingerprint density at radius 2 is 2.06 bits per heavy atom. The van der Waals surface area contributed by atoms with Crippen molar-refractivity contribution in [2.75, 3.05) is 0 Å². The normalized spacial score (nSPS) is 22.7. The number of aliphatic carboxylic acids is 1. The van der Waals surface area contributed by atoms with E-state index < -0.39 is 17.8 Å². The number of furan rings is 1. The summed E-state index contributed by atoms with van der Waals surface area (Å²) >= 11 is 0. The molecule has 0 aliphatic heterocycles. The van der Waals surface area contributed by atoms with Gasteiger partial charge in [0.2, 0.25) is 5.91 Å². The Labute approximate surface area is 104 Å². The van der Waals surface area contributed by atoms with E-state index >= 15 is 0 Å². The summed E-state index contributed by atoms with van der Waals surface area (Å²) < 4.78 is 5.09. The maximum absolute atomic E-state index is 11.9. The second-order valence-electron chi connectivity index (χ2n) is 4.27. The molecule has 1 aliphatic rings. The molecule has 2 rings (SSSR count). The lowest BCUT2D eigenvalue weighted by Crippen LogP contribution is -2.43. The number of amides is 1. The highest BCUT2D eigenvalue weighted by atomic mass is 16.4. The van der Waals surface area contributed by atoms with Crippen molar-refractivity contribution >= 4 is 11.9 Å². The zero-order chi connectivity index (χ0) is 13.0. The summed E-state index contributed by atoms with van der Waals surface area (Å²) in [5.41, 5.74) is 0. The molecule has 96 valence electrons. The first-order valence-electron chi connectivity index (χ1n) is 5.84. The van der Waals surface area contributed by atoms with Crippen molar-refractivity contribution in [3.63, 3.8) is 0 Å². The van der Waals surface area contributed by atoms with E-state index in [-0.39, 0.29) is 12.5 Å². The van der Waals surface area contributed by atoms with E-state index in [4.69, 9.17) is 4.42 Å². The zero-order valence-electron chi connectivity index (χ0n) is 9.80. The molecule has 0 saturated carbocycles. The zero-order valence-corrected chi connectivity index (χ0v) is 9.80. The van der Waals surface area contributed by atoms with Crippen LogP contribution in [0.3, 0.4) is 0 Å². The van der Waals surface area contributed by atoms with Gasteiger partial charge in [0.1, 0.15) is 5.76 Å². The van der Waals surface area contributed by atoms with Crippen molar-refractivity contribution in [1.82, 2.24) is 5.32 Å². The molecule has 1 aromatic heterocycles. The van der Waals surface area contributed by atoms with Crippen LogP contribution in [-0.4, -0.2) is 11.9 Å². The van der Waals surface area contributed by atoms with Crippen molar-refractivity contribution < 1.29 is 19.1 Å². The van der Waals surface area contributed by atoms with Crippen LogP contribution in [-0.2, 0) is 16.1 Å². The molecule has 0 unspecified atom stereocenters. The summed E-state index contributed by atoms with van der Waals surface area (Å²) in [6.07, 6.45) is 5.91. The molecule has 0 fully saturated rings. The smallest absolute Gasteiger partial charge is 0.224 e. The standard InChI is InChI=1S/C13H15NO4/c15-12(14-8-9-4-3-7-18-9)10-5-1-2-6-11(10)13(16)17/h1-4,7,10-11H,5-6,8H2,(H,14,15)(H,16,17)/p-1/t10-,11-/m1/s1. The van der Waals surface area contributed by atoms with Crippen LogP contribution in [0, 0.1) is 11.8 Å². The van der Waals surface area contributed by atoms with E-state index in [0.29, 0.717) is 18.6 Å². The molecule has 0 spiro atoms. The van der Waals surface area contributed by atoms with Gasteiger partial charge in [-0.15, -0.1) is 0 Å². The van der Waals surface area contributed by atoms with Crippen LogP contribution in [0.1, 0.15) is 18.6 Å². The second kappa shape index (κ2) is 5.53. The Morgan fingerprint density at radius 1 is 1.33 bits per heavy atom. The number of carbonyl (C=O) groups excluding carboxylic acids is 2. The van der Waals surface area contributed by atoms with Crippen LogP contribution in [0.4, 0.5) is 0 Å². The monoisotopic (exact) mass is 248 g/mol. The Bertz CT molecular complexity index is 450. The molecule has 5 heteroatoms. The first-order chi connectivity index (χ1) is 8.68. The number of carboxylic acid groups (broad SMARTS) is 1. The molecule has 0 radical (unpaired) electrons. The first kappa shape index (κ1) is 12.4. The SMILES string of the molecule is O=C([O-])[C@@H]1CC=CC[C@H]1C(=O)NCc1ccco1. The molecule has 0 bridgehead atoms. The minimum absolute atomic E-state index is 0.270. The lowest BCUT2D eigenvalue weighted by atomic mass is 9.82. The van der Waals surface area contributed by atoms with Crippen molar-refractivity contribution in [3.8, 4) is 0 Å². The number of carbonyl (C=O) groups is 2. The van der Waals surface area contributed by atoms with Gasteiger partial charge < -0.3 is 19.6 Å². The fourth-order valence-corrected chi connectivity index (χ4v) is 2.08. The summed E-state index contributed by atoms with van der Waals surface area (Å²) in [5, 5.41) is 13.6. The maximum atomic E-state index is 11.9. The van der Waals surface area contributed by atoms with Crippen LogP contribution in [0.15, 0.2) is 35.0 Å². The first-order valence-corrected chi connectivity index (χ1v) is 5.84. The van der Waals surface area contributed by atoms with Gasteiger partial charge in [-0.3, -0.25) is 4.79 Å². The van der Waals surface area contributed by atoms with E-state index in [1.165, 1.54) is 6.26 Å². The average molecular weight is 248 g/mol. The number of carboxylic acids is 1. The van der Waals surface area contributed by atoms with Crippen LogP contribution in [0.5, 0.6) is 0 Å². The van der Waals surface area contributed by atoms with Gasteiger partial charge in [0.15, 0.2) is 0 Å². The van der Waals surface area contributed by atoms with Gasteiger partial charge in [-0.1, -0.05) is 12.2 Å². The molecular formula is C13H14NO4-. The number of nitrogens with one attached hydrogen (secondary N) is 1. The van der Waals surface area contributed by atoms with Crippen LogP contribution < -0.4 is 10.4 Å². The highest BCUT2D eigenvalue weighted by molar-refractivity contribution is 5.84. The lowest BCUT2D eigenvalue weighted by molar-refractivity contribution is -0.313. The third kappa shape index (κ3) is 2.80. The van der Waals surface area contributed by atoms with E-state index in [0.717, 1.165) is 0 Å².